The minimum absolute atomic E-state index is 0.277. The van der Waals surface area contributed by atoms with Crippen molar-refractivity contribution in [1.82, 2.24) is 4.57 Å². The molecular formula is C15H12F2N3O+. The van der Waals surface area contributed by atoms with E-state index in [-0.39, 0.29) is 17.1 Å². The molecule has 0 radical (unpaired) electrons. The number of halogens is 2. The summed E-state index contributed by atoms with van der Waals surface area (Å²) in [6, 6.07) is 10.2. The maximum atomic E-state index is 13.7. The van der Waals surface area contributed by atoms with Crippen molar-refractivity contribution in [2.45, 2.75) is 0 Å². The zero-order chi connectivity index (χ0) is 15.0. The van der Waals surface area contributed by atoms with Crippen LogP contribution in [0.5, 0.6) is 0 Å². The fourth-order valence-electron chi connectivity index (χ4n) is 2.15. The van der Waals surface area contributed by atoms with Crippen LogP contribution in [0, 0.1) is 11.6 Å². The van der Waals surface area contributed by atoms with Gasteiger partial charge in [0.15, 0.2) is 17.3 Å². The summed E-state index contributed by atoms with van der Waals surface area (Å²) in [4.78, 5) is 11.9. The van der Waals surface area contributed by atoms with Gasteiger partial charge in [-0.15, -0.1) is 0 Å². The molecule has 4 nitrogen and oxygen atoms in total. The van der Waals surface area contributed by atoms with E-state index in [1.165, 1.54) is 16.7 Å². The molecule has 0 fully saturated rings. The van der Waals surface area contributed by atoms with Gasteiger partial charge in [-0.25, -0.2) is 17.7 Å². The largest absolute Gasteiger partial charge is 0.313 e. The number of hydrogen-bond acceptors (Lipinski definition) is 2. The lowest BCUT2D eigenvalue weighted by Gasteiger charge is -2.08. The van der Waals surface area contributed by atoms with Crippen molar-refractivity contribution in [1.29, 1.82) is 0 Å². The predicted octanol–water partition coefficient (Wildman–Crippen LogP) is 2.15. The minimum atomic E-state index is -0.722. The number of para-hydroxylation sites is 1. The Labute approximate surface area is 118 Å². The Morgan fingerprint density at radius 2 is 1.81 bits per heavy atom. The smallest absolute Gasteiger partial charge is 0.268 e. The normalized spacial score (nSPS) is 10.8. The number of nitrogens with zero attached hydrogens (tertiary/aromatic N) is 2. The monoisotopic (exact) mass is 288 g/mol. The van der Waals surface area contributed by atoms with Gasteiger partial charge in [0.1, 0.15) is 0 Å². The molecule has 3 rings (SSSR count). The highest BCUT2D eigenvalue weighted by molar-refractivity contribution is 5.56. The van der Waals surface area contributed by atoms with Gasteiger partial charge in [0.25, 0.3) is 0 Å². The molecular weight excluding hydrogens is 276 g/mol. The number of fused-ring (bicyclic) bond motifs is 1. The Hall–Kier alpha value is -2.76. The third-order valence-electron chi connectivity index (χ3n) is 3.25. The maximum absolute atomic E-state index is 13.7. The summed E-state index contributed by atoms with van der Waals surface area (Å²) in [5.74, 6) is -1.15. The Bertz CT molecular complexity index is 869. The van der Waals surface area contributed by atoms with Crippen molar-refractivity contribution in [3.05, 3.63) is 70.6 Å². The van der Waals surface area contributed by atoms with Crippen LogP contribution in [0.2, 0.25) is 0 Å². The molecule has 2 heterocycles. The molecule has 0 aliphatic rings. The number of hydrogen-bond donors (Lipinski definition) is 1. The topological polar surface area (TPSA) is 38.1 Å². The first-order valence-corrected chi connectivity index (χ1v) is 6.29. The number of aromatic nitrogens is 2. The highest BCUT2D eigenvalue weighted by atomic mass is 19.1. The van der Waals surface area contributed by atoms with Crippen molar-refractivity contribution in [2.24, 2.45) is 7.05 Å². The quantitative estimate of drug-likeness (QED) is 0.734. The Balaban J connectivity index is 2.22. The Kier molecular flexibility index (Phi) is 3.13. The van der Waals surface area contributed by atoms with E-state index in [0.717, 1.165) is 12.1 Å². The second-order valence-electron chi connectivity index (χ2n) is 4.58. The molecule has 1 aromatic carbocycles. The number of pyridine rings is 1. The molecule has 6 heteroatoms. The van der Waals surface area contributed by atoms with E-state index in [0.29, 0.717) is 5.65 Å². The van der Waals surface area contributed by atoms with Gasteiger partial charge in [0.2, 0.25) is 11.5 Å². The number of rotatable bonds is 2. The van der Waals surface area contributed by atoms with E-state index in [1.807, 2.05) is 0 Å². The van der Waals surface area contributed by atoms with Gasteiger partial charge in [-0.1, -0.05) is 12.1 Å². The number of aryl methyl sites for hydroxylation is 1. The van der Waals surface area contributed by atoms with Crippen LogP contribution in [-0.4, -0.2) is 4.57 Å². The molecule has 1 N–H and O–H groups in total. The van der Waals surface area contributed by atoms with Crippen LogP contribution in [-0.2, 0) is 7.05 Å². The predicted molar refractivity (Wildman–Crippen MR) is 74.5 cm³/mol. The Morgan fingerprint density at radius 3 is 2.52 bits per heavy atom. The maximum Gasteiger partial charge on any atom is 0.313 e. The van der Waals surface area contributed by atoms with Crippen molar-refractivity contribution < 1.29 is 13.2 Å². The zero-order valence-corrected chi connectivity index (χ0v) is 11.2. The molecule has 0 atom stereocenters. The molecule has 0 spiro atoms. The lowest BCUT2D eigenvalue weighted by molar-refractivity contribution is -0.500. The fraction of sp³-hybridized carbons (Fsp3) is 0.0667. The first-order chi connectivity index (χ1) is 10.1. The summed E-state index contributed by atoms with van der Waals surface area (Å²) in [7, 11) is 1.63. The van der Waals surface area contributed by atoms with Gasteiger partial charge in [0, 0.05) is 6.07 Å². The molecule has 2 aromatic heterocycles. The van der Waals surface area contributed by atoms with Crippen LogP contribution < -0.4 is 15.3 Å². The van der Waals surface area contributed by atoms with E-state index in [2.05, 4.69) is 5.32 Å². The number of anilines is 2. The molecule has 0 unspecified atom stereocenters. The van der Waals surface area contributed by atoms with Gasteiger partial charge in [-0.2, -0.15) is 0 Å². The van der Waals surface area contributed by atoms with Gasteiger partial charge in [-0.3, -0.25) is 10.1 Å². The lowest BCUT2D eigenvalue weighted by Crippen LogP contribution is -2.34. The molecule has 0 saturated carbocycles. The molecule has 0 aliphatic heterocycles. The zero-order valence-electron chi connectivity index (χ0n) is 11.2. The van der Waals surface area contributed by atoms with Gasteiger partial charge < -0.3 is 0 Å². The van der Waals surface area contributed by atoms with Gasteiger partial charge in [-0.05, 0) is 18.2 Å². The molecule has 0 saturated heterocycles. The third-order valence-corrected chi connectivity index (χ3v) is 3.25. The van der Waals surface area contributed by atoms with Crippen LogP contribution in [0.15, 0.2) is 53.5 Å². The van der Waals surface area contributed by atoms with E-state index in [4.69, 9.17) is 0 Å². The van der Waals surface area contributed by atoms with Crippen LogP contribution in [0.1, 0.15) is 0 Å². The highest BCUT2D eigenvalue weighted by Crippen LogP contribution is 2.21. The number of benzene rings is 1. The molecule has 0 bridgehead atoms. The first-order valence-electron chi connectivity index (χ1n) is 6.29. The summed E-state index contributed by atoms with van der Waals surface area (Å²) in [6.07, 6.45) is 1.70. The lowest BCUT2D eigenvalue weighted by atomic mass is 10.3. The standard InChI is InChI=1S/C15H11F2N3O/c1-19-13-7-2-3-8-20(13)12(9-14(19)21)18-15-10(16)5-4-6-11(15)17/h2-9H,1H3/p+1. The van der Waals surface area contributed by atoms with Gasteiger partial charge >= 0.3 is 5.56 Å². The van der Waals surface area contributed by atoms with Crippen molar-refractivity contribution >= 4 is 17.2 Å². The highest BCUT2D eigenvalue weighted by Gasteiger charge is 2.17. The molecule has 3 aromatic rings. The summed E-state index contributed by atoms with van der Waals surface area (Å²) in [6.45, 7) is 0. The summed E-state index contributed by atoms with van der Waals surface area (Å²) in [5, 5.41) is 2.65. The number of nitrogens with one attached hydrogen (secondary N) is 1. The van der Waals surface area contributed by atoms with E-state index < -0.39 is 11.6 Å². The van der Waals surface area contributed by atoms with Crippen LogP contribution in [0.25, 0.3) is 5.65 Å². The van der Waals surface area contributed by atoms with Gasteiger partial charge in [0.05, 0.1) is 19.3 Å². The second-order valence-corrected chi connectivity index (χ2v) is 4.58. The van der Waals surface area contributed by atoms with E-state index in [9.17, 15) is 13.6 Å². The average molecular weight is 288 g/mol. The van der Waals surface area contributed by atoms with Crippen LogP contribution in [0.3, 0.4) is 0 Å². The Morgan fingerprint density at radius 1 is 1.10 bits per heavy atom. The fourth-order valence-corrected chi connectivity index (χ4v) is 2.15. The van der Waals surface area contributed by atoms with Crippen molar-refractivity contribution in [3.63, 3.8) is 0 Å². The summed E-state index contributed by atoms with van der Waals surface area (Å²) in [5.41, 5.74) is 0.0353. The first kappa shape index (κ1) is 13.2. The summed E-state index contributed by atoms with van der Waals surface area (Å²) >= 11 is 0. The molecule has 106 valence electrons. The summed E-state index contributed by atoms with van der Waals surface area (Å²) < 4.78 is 30.5. The minimum Gasteiger partial charge on any atom is -0.268 e. The molecule has 0 aliphatic carbocycles. The van der Waals surface area contributed by atoms with E-state index >= 15 is 0 Å². The van der Waals surface area contributed by atoms with Crippen LogP contribution in [0.4, 0.5) is 20.3 Å². The van der Waals surface area contributed by atoms with Crippen molar-refractivity contribution in [3.8, 4) is 0 Å². The van der Waals surface area contributed by atoms with Crippen LogP contribution >= 0.6 is 0 Å². The van der Waals surface area contributed by atoms with Crippen molar-refractivity contribution in [2.75, 3.05) is 5.32 Å². The van der Waals surface area contributed by atoms with E-state index in [1.54, 1.807) is 35.8 Å². The SMILES string of the molecule is Cn1c(=O)cc(Nc2c(F)cccc2F)[n+]2ccccc12. The third kappa shape index (κ3) is 2.24. The average Bonchev–Trinajstić information content (AvgIpc) is 2.48. The molecule has 21 heavy (non-hydrogen) atoms. The second kappa shape index (κ2) is 4.97. The molecule has 0 amide bonds.